The molecule has 1 aliphatic heterocycles. The Morgan fingerprint density at radius 3 is 2.53 bits per heavy atom. The van der Waals surface area contributed by atoms with E-state index >= 15 is 0 Å². The van der Waals surface area contributed by atoms with Gasteiger partial charge in [-0.2, -0.15) is 0 Å². The molecule has 17 heavy (non-hydrogen) atoms. The van der Waals surface area contributed by atoms with Crippen molar-refractivity contribution in [1.29, 1.82) is 0 Å². The number of amides is 1. The molecule has 1 amide bonds. The Morgan fingerprint density at radius 1 is 1.24 bits per heavy atom. The summed E-state index contributed by atoms with van der Waals surface area (Å²) in [4.78, 5) is 14.5. The average Bonchev–Trinajstić information content (AvgIpc) is 2.74. The molecule has 1 heterocycles. The zero-order chi connectivity index (χ0) is 11.8. The van der Waals surface area contributed by atoms with Gasteiger partial charge in [0.2, 0.25) is 5.91 Å². The van der Waals surface area contributed by atoms with Gasteiger partial charge in [-0.3, -0.25) is 4.79 Å². The molecule has 1 N–H and O–H groups in total. The molecule has 3 rings (SSSR count). The van der Waals surface area contributed by atoms with E-state index in [0.29, 0.717) is 17.9 Å². The SMILES string of the molecule is CC(CN1CCCC1)NC(=O)C1CC2CC2C1. The Morgan fingerprint density at radius 2 is 1.88 bits per heavy atom. The van der Waals surface area contributed by atoms with Gasteiger partial charge in [-0.15, -0.1) is 0 Å². The van der Waals surface area contributed by atoms with Gasteiger partial charge in [0.05, 0.1) is 0 Å². The number of fused-ring (bicyclic) bond motifs is 1. The molecule has 96 valence electrons. The second-order valence-electron chi connectivity index (χ2n) is 6.34. The number of carbonyl (C=O) groups is 1. The van der Waals surface area contributed by atoms with E-state index in [2.05, 4.69) is 17.1 Å². The fraction of sp³-hybridized carbons (Fsp3) is 0.929. The second-order valence-corrected chi connectivity index (χ2v) is 6.34. The second kappa shape index (κ2) is 4.60. The van der Waals surface area contributed by atoms with Crippen molar-refractivity contribution in [2.75, 3.05) is 19.6 Å². The minimum atomic E-state index is 0.317. The Hall–Kier alpha value is -0.570. The van der Waals surface area contributed by atoms with Crippen molar-refractivity contribution in [3.8, 4) is 0 Å². The number of nitrogens with zero attached hydrogens (tertiary/aromatic N) is 1. The molecule has 0 spiro atoms. The summed E-state index contributed by atoms with van der Waals surface area (Å²) >= 11 is 0. The van der Waals surface area contributed by atoms with E-state index in [9.17, 15) is 4.79 Å². The lowest BCUT2D eigenvalue weighted by molar-refractivity contribution is -0.125. The third-order valence-electron chi connectivity index (χ3n) is 4.73. The highest BCUT2D eigenvalue weighted by Gasteiger charge is 2.48. The highest BCUT2D eigenvalue weighted by Crippen LogP contribution is 2.54. The third kappa shape index (κ3) is 2.65. The van der Waals surface area contributed by atoms with Gasteiger partial charge in [-0.1, -0.05) is 0 Å². The summed E-state index contributed by atoms with van der Waals surface area (Å²) in [5.41, 5.74) is 0. The summed E-state index contributed by atoms with van der Waals surface area (Å²) < 4.78 is 0. The van der Waals surface area contributed by atoms with Crippen LogP contribution in [0, 0.1) is 17.8 Å². The predicted octanol–water partition coefficient (Wildman–Crippen LogP) is 1.63. The number of likely N-dealkylation sites (tertiary alicyclic amines) is 1. The molecule has 0 aromatic heterocycles. The highest BCUT2D eigenvalue weighted by molar-refractivity contribution is 5.79. The maximum absolute atomic E-state index is 12.1. The molecule has 1 saturated heterocycles. The summed E-state index contributed by atoms with van der Waals surface area (Å²) in [7, 11) is 0. The molecule has 0 aromatic rings. The molecule has 3 aliphatic rings. The van der Waals surface area contributed by atoms with Gasteiger partial charge in [0, 0.05) is 18.5 Å². The number of hydrogen-bond donors (Lipinski definition) is 1. The molecule has 2 aliphatic carbocycles. The van der Waals surface area contributed by atoms with E-state index in [4.69, 9.17) is 0 Å². The Kier molecular flexibility index (Phi) is 3.12. The quantitative estimate of drug-likeness (QED) is 0.804. The summed E-state index contributed by atoms with van der Waals surface area (Å²) in [6, 6.07) is 0.317. The largest absolute Gasteiger partial charge is 0.352 e. The standard InChI is InChI=1S/C14H24N2O/c1-10(9-16-4-2-3-5-16)15-14(17)13-7-11-6-12(11)8-13/h10-13H,2-9H2,1H3,(H,15,17). The van der Waals surface area contributed by atoms with Gasteiger partial charge in [-0.05, 0) is 64.0 Å². The maximum Gasteiger partial charge on any atom is 0.223 e. The molecule has 3 unspecified atom stereocenters. The lowest BCUT2D eigenvalue weighted by atomic mass is 10.0. The molecule has 3 nitrogen and oxygen atoms in total. The molecule has 2 saturated carbocycles. The van der Waals surface area contributed by atoms with Crippen LogP contribution in [0.25, 0.3) is 0 Å². The molecule has 0 aromatic carbocycles. The Balaban J connectivity index is 1.40. The van der Waals surface area contributed by atoms with Gasteiger partial charge >= 0.3 is 0 Å². The van der Waals surface area contributed by atoms with Crippen LogP contribution in [-0.2, 0) is 4.79 Å². The van der Waals surface area contributed by atoms with Crippen LogP contribution in [0.4, 0.5) is 0 Å². The van der Waals surface area contributed by atoms with Crippen molar-refractivity contribution in [2.24, 2.45) is 17.8 Å². The van der Waals surface area contributed by atoms with Crippen LogP contribution in [0.2, 0.25) is 0 Å². The normalized spacial score (nSPS) is 37.8. The highest BCUT2D eigenvalue weighted by atomic mass is 16.1. The van der Waals surface area contributed by atoms with Crippen LogP contribution < -0.4 is 5.32 Å². The number of carbonyl (C=O) groups excluding carboxylic acids is 1. The van der Waals surface area contributed by atoms with E-state index in [1.807, 2.05) is 0 Å². The van der Waals surface area contributed by atoms with E-state index < -0.39 is 0 Å². The van der Waals surface area contributed by atoms with Gasteiger partial charge < -0.3 is 10.2 Å². The average molecular weight is 236 g/mol. The van der Waals surface area contributed by atoms with Crippen LogP contribution in [-0.4, -0.2) is 36.5 Å². The lowest BCUT2D eigenvalue weighted by Crippen LogP contribution is -2.43. The van der Waals surface area contributed by atoms with Crippen molar-refractivity contribution >= 4 is 5.91 Å². The fourth-order valence-corrected chi connectivity index (χ4v) is 3.69. The van der Waals surface area contributed by atoms with Gasteiger partial charge in [-0.25, -0.2) is 0 Å². The fourth-order valence-electron chi connectivity index (χ4n) is 3.69. The Bertz CT molecular complexity index is 289. The first-order valence-electron chi connectivity index (χ1n) is 7.25. The number of hydrogen-bond acceptors (Lipinski definition) is 2. The smallest absolute Gasteiger partial charge is 0.223 e. The first-order chi connectivity index (χ1) is 8.22. The molecule has 3 atom stereocenters. The maximum atomic E-state index is 12.1. The van der Waals surface area contributed by atoms with Crippen LogP contribution in [0.5, 0.6) is 0 Å². The van der Waals surface area contributed by atoms with Crippen LogP contribution in [0.15, 0.2) is 0 Å². The first kappa shape index (κ1) is 11.5. The molecule has 0 bridgehead atoms. The summed E-state index contributed by atoms with van der Waals surface area (Å²) in [6.07, 6.45) is 6.37. The third-order valence-corrected chi connectivity index (χ3v) is 4.73. The zero-order valence-corrected chi connectivity index (χ0v) is 10.8. The Labute approximate surface area is 104 Å². The van der Waals surface area contributed by atoms with Gasteiger partial charge in [0.1, 0.15) is 0 Å². The summed E-state index contributed by atoms with van der Waals surface area (Å²) in [5, 5.41) is 3.21. The van der Waals surface area contributed by atoms with Crippen molar-refractivity contribution in [3.05, 3.63) is 0 Å². The molecule has 0 radical (unpaired) electrons. The van der Waals surface area contributed by atoms with Crippen molar-refractivity contribution in [1.82, 2.24) is 10.2 Å². The van der Waals surface area contributed by atoms with Crippen molar-refractivity contribution in [2.45, 2.75) is 45.1 Å². The molecular formula is C14H24N2O. The van der Waals surface area contributed by atoms with Gasteiger partial charge in [0.15, 0.2) is 0 Å². The van der Waals surface area contributed by atoms with Crippen molar-refractivity contribution < 1.29 is 4.79 Å². The van der Waals surface area contributed by atoms with E-state index in [0.717, 1.165) is 31.2 Å². The molecule has 3 heteroatoms. The number of rotatable bonds is 4. The van der Waals surface area contributed by atoms with Crippen LogP contribution in [0.1, 0.15) is 39.0 Å². The predicted molar refractivity (Wildman–Crippen MR) is 67.6 cm³/mol. The van der Waals surface area contributed by atoms with E-state index in [1.165, 1.54) is 32.4 Å². The van der Waals surface area contributed by atoms with Crippen LogP contribution >= 0.6 is 0 Å². The molecular weight excluding hydrogens is 212 g/mol. The summed E-state index contributed by atoms with van der Waals surface area (Å²) in [6.45, 7) is 5.61. The summed E-state index contributed by atoms with van der Waals surface area (Å²) in [5.74, 6) is 2.46. The molecule has 3 fully saturated rings. The van der Waals surface area contributed by atoms with Gasteiger partial charge in [0.25, 0.3) is 0 Å². The minimum Gasteiger partial charge on any atom is -0.352 e. The van der Waals surface area contributed by atoms with E-state index in [-0.39, 0.29) is 0 Å². The minimum absolute atomic E-state index is 0.317. The monoisotopic (exact) mass is 236 g/mol. The topological polar surface area (TPSA) is 32.3 Å². The zero-order valence-electron chi connectivity index (χ0n) is 10.8. The van der Waals surface area contributed by atoms with Crippen LogP contribution in [0.3, 0.4) is 0 Å². The lowest BCUT2D eigenvalue weighted by Gasteiger charge is -2.23. The number of nitrogens with one attached hydrogen (secondary N) is 1. The van der Waals surface area contributed by atoms with E-state index in [1.54, 1.807) is 0 Å². The van der Waals surface area contributed by atoms with Crippen molar-refractivity contribution in [3.63, 3.8) is 0 Å². The first-order valence-corrected chi connectivity index (χ1v) is 7.25.